The molecule has 0 aliphatic carbocycles. The van der Waals surface area contributed by atoms with Crippen LogP contribution in [0.15, 0.2) is 30.3 Å². The van der Waals surface area contributed by atoms with Crippen LogP contribution in [-0.4, -0.2) is 52.6 Å². The van der Waals surface area contributed by atoms with E-state index in [1.54, 1.807) is 20.8 Å². The van der Waals surface area contributed by atoms with Crippen molar-refractivity contribution in [3.8, 4) is 0 Å². The van der Waals surface area contributed by atoms with Crippen LogP contribution < -0.4 is 10.6 Å². The first-order chi connectivity index (χ1) is 12.1. The second kappa shape index (κ2) is 10.1. The molecule has 0 aromatic heterocycles. The second-order valence-electron chi connectivity index (χ2n) is 7.20. The Bertz CT molecular complexity index is 571. The minimum atomic E-state index is -1.33. The fourth-order valence-electron chi connectivity index (χ4n) is 2.47. The zero-order valence-electron chi connectivity index (χ0n) is 15.9. The van der Waals surface area contributed by atoms with Gasteiger partial charge < -0.3 is 25.6 Å². The zero-order valence-corrected chi connectivity index (χ0v) is 15.9. The van der Waals surface area contributed by atoms with Crippen LogP contribution in [0, 0.1) is 0 Å². The molecule has 0 bridgehead atoms. The molecule has 0 unspecified atom stereocenters. The number of hydrogen-bond acceptors (Lipinski definition) is 5. The molecule has 7 nitrogen and oxygen atoms in total. The number of carbonyl (C=O) groups excluding carboxylic acids is 1. The van der Waals surface area contributed by atoms with Gasteiger partial charge >= 0.3 is 12.1 Å². The van der Waals surface area contributed by atoms with E-state index in [0.29, 0.717) is 6.54 Å². The predicted octanol–water partition coefficient (Wildman–Crippen LogP) is 1.94. The SMILES string of the molecule is CCCN[C@@H](C(=O)O)[C@H](O)[C@H](Cc1ccccc1)NC(=O)OC(C)(C)C. The van der Waals surface area contributed by atoms with E-state index in [0.717, 1.165) is 12.0 Å². The average Bonchev–Trinajstić information content (AvgIpc) is 2.53. The standard InChI is InChI=1S/C19H30N2O5/c1-5-11-20-15(17(23)24)16(22)14(12-13-9-7-6-8-10-13)21-18(25)26-19(2,3)4/h6-10,14-16,20,22H,5,11-12H2,1-4H3,(H,21,25)(H,23,24)/t14-,15+,16+/m0/s1. The Hall–Kier alpha value is -2.12. The van der Waals surface area contributed by atoms with Crippen molar-refractivity contribution in [3.63, 3.8) is 0 Å². The second-order valence-corrected chi connectivity index (χ2v) is 7.20. The Kier molecular flexibility index (Phi) is 8.54. The average molecular weight is 366 g/mol. The van der Waals surface area contributed by atoms with Gasteiger partial charge in [-0.25, -0.2) is 4.79 Å². The first-order valence-corrected chi connectivity index (χ1v) is 8.81. The smallest absolute Gasteiger partial charge is 0.407 e. The highest BCUT2D eigenvalue weighted by molar-refractivity contribution is 5.75. The highest BCUT2D eigenvalue weighted by Crippen LogP contribution is 2.12. The minimum absolute atomic E-state index is 0.277. The lowest BCUT2D eigenvalue weighted by atomic mass is 9.96. The van der Waals surface area contributed by atoms with Gasteiger partial charge in [-0.05, 0) is 45.7 Å². The van der Waals surface area contributed by atoms with Gasteiger partial charge in [-0.3, -0.25) is 4.79 Å². The minimum Gasteiger partial charge on any atom is -0.480 e. The summed E-state index contributed by atoms with van der Waals surface area (Å²) < 4.78 is 5.25. The van der Waals surface area contributed by atoms with Crippen molar-refractivity contribution in [2.75, 3.05) is 6.54 Å². The third-order valence-corrected chi connectivity index (χ3v) is 3.63. The van der Waals surface area contributed by atoms with Crippen molar-refractivity contribution in [2.24, 2.45) is 0 Å². The van der Waals surface area contributed by atoms with Crippen LogP contribution in [0.3, 0.4) is 0 Å². The molecule has 1 rings (SSSR count). The Morgan fingerprint density at radius 2 is 1.81 bits per heavy atom. The number of rotatable bonds is 9. The van der Waals surface area contributed by atoms with Gasteiger partial charge in [-0.2, -0.15) is 0 Å². The van der Waals surface area contributed by atoms with Crippen LogP contribution in [0.4, 0.5) is 4.79 Å². The molecule has 1 aromatic rings. The van der Waals surface area contributed by atoms with Crippen molar-refractivity contribution in [3.05, 3.63) is 35.9 Å². The molecule has 0 aliphatic rings. The lowest BCUT2D eigenvalue weighted by molar-refractivity contribution is -0.143. The number of nitrogens with one attached hydrogen (secondary N) is 2. The fourth-order valence-corrected chi connectivity index (χ4v) is 2.47. The largest absolute Gasteiger partial charge is 0.480 e. The lowest BCUT2D eigenvalue weighted by Gasteiger charge is -2.30. The van der Waals surface area contributed by atoms with E-state index in [1.165, 1.54) is 0 Å². The maximum absolute atomic E-state index is 12.2. The van der Waals surface area contributed by atoms with Crippen molar-refractivity contribution in [1.82, 2.24) is 10.6 Å². The van der Waals surface area contributed by atoms with E-state index in [1.807, 2.05) is 37.3 Å². The summed E-state index contributed by atoms with van der Waals surface area (Å²) >= 11 is 0. The van der Waals surface area contributed by atoms with Gasteiger partial charge in [-0.1, -0.05) is 37.3 Å². The molecule has 0 fully saturated rings. The summed E-state index contributed by atoms with van der Waals surface area (Å²) in [5, 5.41) is 25.5. The van der Waals surface area contributed by atoms with Crippen molar-refractivity contribution in [2.45, 2.75) is 64.3 Å². The van der Waals surface area contributed by atoms with Gasteiger partial charge in [0.25, 0.3) is 0 Å². The number of aliphatic hydroxyl groups excluding tert-OH is 1. The molecular formula is C19H30N2O5. The number of aliphatic hydroxyl groups is 1. The van der Waals surface area contributed by atoms with Crippen LogP contribution in [0.25, 0.3) is 0 Å². The maximum Gasteiger partial charge on any atom is 0.407 e. The van der Waals surface area contributed by atoms with Gasteiger partial charge in [-0.15, -0.1) is 0 Å². The number of benzene rings is 1. The molecule has 1 amide bonds. The van der Waals surface area contributed by atoms with E-state index >= 15 is 0 Å². The van der Waals surface area contributed by atoms with Crippen molar-refractivity contribution in [1.29, 1.82) is 0 Å². The van der Waals surface area contributed by atoms with Crippen LogP contribution in [-0.2, 0) is 16.0 Å². The molecule has 1 aromatic carbocycles. The number of carboxylic acid groups (broad SMARTS) is 1. The van der Waals surface area contributed by atoms with Crippen LogP contribution in [0.2, 0.25) is 0 Å². The number of amides is 1. The van der Waals surface area contributed by atoms with Gasteiger partial charge in [0.1, 0.15) is 17.7 Å². The zero-order chi connectivity index (χ0) is 19.7. The fraction of sp³-hybridized carbons (Fsp3) is 0.579. The normalized spacial score (nSPS) is 15.0. The van der Waals surface area contributed by atoms with E-state index in [9.17, 15) is 19.8 Å². The number of aliphatic carboxylic acids is 1. The summed E-state index contributed by atoms with van der Waals surface area (Å²) in [5.74, 6) is -1.17. The molecule has 0 saturated carbocycles. The molecule has 0 heterocycles. The number of alkyl carbamates (subject to hydrolysis) is 1. The molecule has 3 atom stereocenters. The van der Waals surface area contributed by atoms with Crippen LogP contribution in [0.1, 0.15) is 39.7 Å². The van der Waals surface area contributed by atoms with Gasteiger partial charge in [0.15, 0.2) is 0 Å². The van der Waals surface area contributed by atoms with Crippen molar-refractivity contribution < 1.29 is 24.5 Å². The van der Waals surface area contributed by atoms with E-state index in [-0.39, 0.29) is 6.42 Å². The van der Waals surface area contributed by atoms with Crippen molar-refractivity contribution >= 4 is 12.1 Å². The molecule has 7 heteroatoms. The molecule has 4 N–H and O–H groups in total. The van der Waals surface area contributed by atoms with E-state index in [4.69, 9.17) is 4.74 Å². The third-order valence-electron chi connectivity index (χ3n) is 3.63. The lowest BCUT2D eigenvalue weighted by Crippen LogP contribution is -2.57. The number of hydrogen-bond donors (Lipinski definition) is 4. The summed E-state index contributed by atoms with van der Waals surface area (Å²) in [6.45, 7) is 7.55. The molecule has 146 valence electrons. The van der Waals surface area contributed by atoms with Gasteiger partial charge in [0, 0.05) is 0 Å². The van der Waals surface area contributed by atoms with Crippen LogP contribution >= 0.6 is 0 Å². The molecule has 0 saturated heterocycles. The molecule has 0 radical (unpaired) electrons. The Morgan fingerprint density at radius 3 is 2.31 bits per heavy atom. The van der Waals surface area contributed by atoms with E-state index < -0.39 is 35.9 Å². The number of ether oxygens (including phenoxy) is 1. The first kappa shape index (κ1) is 21.9. The molecule has 26 heavy (non-hydrogen) atoms. The molecular weight excluding hydrogens is 336 g/mol. The Labute approximate surface area is 154 Å². The molecule has 0 spiro atoms. The van der Waals surface area contributed by atoms with Gasteiger partial charge in [0.05, 0.1) is 6.04 Å². The number of carbonyl (C=O) groups is 2. The Morgan fingerprint density at radius 1 is 1.19 bits per heavy atom. The van der Waals surface area contributed by atoms with Gasteiger partial charge in [0.2, 0.25) is 0 Å². The molecule has 0 aliphatic heterocycles. The van der Waals surface area contributed by atoms with Crippen LogP contribution in [0.5, 0.6) is 0 Å². The highest BCUT2D eigenvalue weighted by atomic mass is 16.6. The highest BCUT2D eigenvalue weighted by Gasteiger charge is 2.34. The van der Waals surface area contributed by atoms with E-state index in [2.05, 4.69) is 10.6 Å². The topological polar surface area (TPSA) is 108 Å². The summed E-state index contributed by atoms with van der Waals surface area (Å²) in [6.07, 6.45) is -1.03. The monoisotopic (exact) mass is 366 g/mol. The summed E-state index contributed by atoms with van der Waals surface area (Å²) in [7, 11) is 0. The third kappa shape index (κ3) is 7.84. The summed E-state index contributed by atoms with van der Waals surface area (Å²) in [4.78, 5) is 23.7. The first-order valence-electron chi connectivity index (χ1n) is 8.81. The predicted molar refractivity (Wildman–Crippen MR) is 99.0 cm³/mol. The maximum atomic E-state index is 12.2. The summed E-state index contributed by atoms with van der Waals surface area (Å²) in [5.41, 5.74) is 0.172. The quantitative estimate of drug-likeness (QED) is 0.532. The number of carboxylic acids is 1. The Balaban J connectivity index is 2.97. The summed E-state index contributed by atoms with van der Waals surface area (Å²) in [6, 6.07) is 7.24.